The topological polar surface area (TPSA) is 66.5 Å². The lowest BCUT2D eigenvalue weighted by Crippen LogP contribution is -2.44. The van der Waals surface area contributed by atoms with Crippen molar-refractivity contribution in [3.05, 3.63) is 60.2 Å². The highest BCUT2D eigenvalue weighted by molar-refractivity contribution is 7.92. The van der Waals surface area contributed by atoms with E-state index >= 15 is 0 Å². The second kappa shape index (κ2) is 10.8. The van der Waals surface area contributed by atoms with Gasteiger partial charge in [-0.3, -0.25) is 9.10 Å². The Balaban J connectivity index is 1.84. The largest absolute Gasteiger partial charge is 0.352 e. The highest BCUT2D eigenvalue weighted by Gasteiger charge is 2.28. The second-order valence-corrected chi connectivity index (χ2v) is 10.5. The SMILES string of the molecule is CC(C)c1ccc(N(CC(=O)NC2CCCCCCC2)S(=O)(=O)c2ccccc2)cc1. The van der Waals surface area contributed by atoms with Crippen molar-refractivity contribution in [3.63, 3.8) is 0 Å². The maximum Gasteiger partial charge on any atom is 0.264 e. The molecule has 1 amide bonds. The molecule has 0 heterocycles. The Morgan fingerprint density at radius 1 is 0.935 bits per heavy atom. The molecule has 2 aromatic carbocycles. The first-order chi connectivity index (χ1) is 14.9. The van der Waals surface area contributed by atoms with E-state index in [2.05, 4.69) is 19.2 Å². The molecule has 1 saturated carbocycles. The molecule has 1 aliphatic rings. The predicted molar refractivity (Wildman–Crippen MR) is 126 cm³/mol. The summed E-state index contributed by atoms with van der Waals surface area (Å²) in [7, 11) is -3.86. The van der Waals surface area contributed by atoms with Gasteiger partial charge in [-0.2, -0.15) is 0 Å². The van der Waals surface area contributed by atoms with E-state index in [4.69, 9.17) is 0 Å². The molecule has 0 radical (unpaired) electrons. The molecular formula is C25H34N2O3S. The lowest BCUT2D eigenvalue weighted by atomic mass is 9.97. The number of carbonyl (C=O) groups is 1. The van der Waals surface area contributed by atoms with Crippen LogP contribution in [0.15, 0.2) is 59.5 Å². The summed E-state index contributed by atoms with van der Waals surface area (Å²) in [5.74, 6) is 0.0915. The number of nitrogens with one attached hydrogen (secondary N) is 1. The van der Waals surface area contributed by atoms with E-state index in [0.29, 0.717) is 11.6 Å². The molecule has 0 atom stereocenters. The summed E-state index contributed by atoms with van der Waals surface area (Å²) >= 11 is 0. The van der Waals surface area contributed by atoms with Gasteiger partial charge in [0.25, 0.3) is 10.0 Å². The van der Waals surface area contributed by atoms with Crippen LogP contribution in [-0.4, -0.2) is 26.9 Å². The van der Waals surface area contributed by atoms with Crippen LogP contribution in [0.1, 0.15) is 70.3 Å². The quantitative estimate of drug-likeness (QED) is 0.638. The van der Waals surface area contributed by atoms with Gasteiger partial charge in [-0.15, -0.1) is 0 Å². The fourth-order valence-electron chi connectivity index (χ4n) is 4.06. The molecule has 0 bridgehead atoms. The molecule has 2 aromatic rings. The maximum atomic E-state index is 13.4. The lowest BCUT2D eigenvalue weighted by molar-refractivity contribution is -0.120. The van der Waals surface area contributed by atoms with Gasteiger partial charge < -0.3 is 5.32 Å². The normalized spacial score (nSPS) is 15.8. The standard InChI is InChI=1S/C25H34N2O3S/c1-20(2)21-15-17-23(18-16-21)27(31(29,30)24-13-9-6-10-14-24)19-25(28)26-22-11-7-4-3-5-8-12-22/h6,9-10,13-18,20,22H,3-5,7-8,11-12,19H2,1-2H3,(H,26,28). The maximum absolute atomic E-state index is 13.4. The third kappa shape index (κ3) is 6.33. The Hall–Kier alpha value is -2.34. The van der Waals surface area contributed by atoms with Gasteiger partial charge in [0.05, 0.1) is 10.6 Å². The number of benzene rings is 2. The van der Waals surface area contributed by atoms with E-state index in [1.54, 1.807) is 42.5 Å². The van der Waals surface area contributed by atoms with Crippen molar-refractivity contribution in [1.82, 2.24) is 5.32 Å². The van der Waals surface area contributed by atoms with Crippen LogP contribution in [0, 0.1) is 0 Å². The Morgan fingerprint density at radius 2 is 1.52 bits per heavy atom. The van der Waals surface area contributed by atoms with E-state index in [-0.39, 0.29) is 23.4 Å². The van der Waals surface area contributed by atoms with Crippen LogP contribution >= 0.6 is 0 Å². The van der Waals surface area contributed by atoms with Crippen LogP contribution in [0.2, 0.25) is 0 Å². The Labute approximate surface area is 186 Å². The molecule has 6 heteroatoms. The van der Waals surface area contributed by atoms with Crippen molar-refractivity contribution in [2.24, 2.45) is 0 Å². The Bertz CT molecular complexity index is 932. The zero-order valence-electron chi connectivity index (χ0n) is 18.6. The molecule has 0 spiro atoms. The van der Waals surface area contributed by atoms with E-state index in [9.17, 15) is 13.2 Å². The Kier molecular flexibility index (Phi) is 8.13. The Morgan fingerprint density at radius 3 is 2.10 bits per heavy atom. The lowest BCUT2D eigenvalue weighted by Gasteiger charge is -2.26. The molecule has 31 heavy (non-hydrogen) atoms. The first-order valence-electron chi connectivity index (χ1n) is 11.3. The fraction of sp³-hybridized carbons (Fsp3) is 0.480. The van der Waals surface area contributed by atoms with Crippen LogP contribution < -0.4 is 9.62 Å². The fourth-order valence-corrected chi connectivity index (χ4v) is 5.51. The number of amides is 1. The van der Waals surface area contributed by atoms with E-state index in [0.717, 1.165) is 31.2 Å². The summed E-state index contributed by atoms with van der Waals surface area (Å²) in [6.07, 6.45) is 7.78. The molecule has 1 fully saturated rings. The average Bonchev–Trinajstić information content (AvgIpc) is 2.74. The number of rotatable bonds is 7. The third-order valence-electron chi connectivity index (χ3n) is 5.94. The summed E-state index contributed by atoms with van der Waals surface area (Å²) in [6, 6.07) is 15.9. The van der Waals surface area contributed by atoms with Gasteiger partial charge in [-0.25, -0.2) is 8.42 Å². The highest BCUT2D eigenvalue weighted by Crippen LogP contribution is 2.26. The second-order valence-electron chi connectivity index (χ2n) is 8.68. The van der Waals surface area contributed by atoms with E-state index in [1.807, 2.05) is 12.1 Å². The smallest absolute Gasteiger partial charge is 0.264 e. The van der Waals surface area contributed by atoms with Crippen LogP contribution in [0.4, 0.5) is 5.69 Å². The van der Waals surface area contributed by atoms with Crippen LogP contribution in [-0.2, 0) is 14.8 Å². The molecule has 3 rings (SSSR count). The molecule has 1 aliphatic carbocycles. The number of anilines is 1. The average molecular weight is 443 g/mol. The number of hydrogen-bond donors (Lipinski definition) is 1. The van der Waals surface area contributed by atoms with Crippen LogP contribution in [0.5, 0.6) is 0 Å². The van der Waals surface area contributed by atoms with Crippen molar-refractivity contribution in [2.75, 3.05) is 10.8 Å². The van der Waals surface area contributed by atoms with Gasteiger partial charge in [0, 0.05) is 6.04 Å². The van der Waals surface area contributed by atoms with Crippen molar-refractivity contribution in [3.8, 4) is 0 Å². The van der Waals surface area contributed by atoms with Gasteiger partial charge in [0.1, 0.15) is 6.54 Å². The number of sulfonamides is 1. The minimum Gasteiger partial charge on any atom is -0.352 e. The van der Waals surface area contributed by atoms with Crippen molar-refractivity contribution in [1.29, 1.82) is 0 Å². The van der Waals surface area contributed by atoms with Gasteiger partial charge in [0.2, 0.25) is 5.91 Å². The van der Waals surface area contributed by atoms with Gasteiger partial charge in [-0.1, -0.05) is 76.3 Å². The zero-order chi connectivity index (χ0) is 22.3. The summed E-state index contributed by atoms with van der Waals surface area (Å²) in [5, 5.41) is 3.09. The minimum atomic E-state index is -3.86. The molecule has 0 unspecified atom stereocenters. The van der Waals surface area contributed by atoms with Crippen molar-refractivity contribution >= 4 is 21.6 Å². The summed E-state index contributed by atoms with van der Waals surface area (Å²) in [4.78, 5) is 13.1. The van der Waals surface area contributed by atoms with E-state index in [1.165, 1.54) is 23.6 Å². The number of hydrogen-bond acceptors (Lipinski definition) is 3. The summed E-state index contributed by atoms with van der Waals surface area (Å²) in [6.45, 7) is 3.96. The molecule has 5 nitrogen and oxygen atoms in total. The van der Waals surface area contributed by atoms with E-state index < -0.39 is 10.0 Å². The molecule has 168 valence electrons. The zero-order valence-corrected chi connectivity index (χ0v) is 19.4. The van der Waals surface area contributed by atoms with Crippen LogP contribution in [0.3, 0.4) is 0 Å². The summed E-state index contributed by atoms with van der Waals surface area (Å²) < 4.78 is 28.1. The van der Waals surface area contributed by atoms with Crippen molar-refractivity contribution in [2.45, 2.75) is 75.6 Å². The number of carbonyl (C=O) groups excluding carboxylic acids is 1. The van der Waals surface area contributed by atoms with Gasteiger partial charge >= 0.3 is 0 Å². The summed E-state index contributed by atoms with van der Waals surface area (Å²) in [5.41, 5.74) is 1.63. The first-order valence-corrected chi connectivity index (χ1v) is 12.8. The molecule has 0 aromatic heterocycles. The molecule has 1 N–H and O–H groups in total. The van der Waals surface area contributed by atoms with Gasteiger partial charge in [0.15, 0.2) is 0 Å². The minimum absolute atomic E-state index is 0.123. The van der Waals surface area contributed by atoms with Crippen LogP contribution in [0.25, 0.3) is 0 Å². The monoisotopic (exact) mass is 442 g/mol. The van der Waals surface area contributed by atoms with Crippen molar-refractivity contribution < 1.29 is 13.2 Å². The highest BCUT2D eigenvalue weighted by atomic mass is 32.2. The molecular weight excluding hydrogens is 408 g/mol. The third-order valence-corrected chi connectivity index (χ3v) is 7.72. The van der Waals surface area contributed by atoms with Gasteiger partial charge in [-0.05, 0) is 48.6 Å². The number of nitrogens with zero attached hydrogens (tertiary/aromatic N) is 1. The first kappa shape index (κ1) is 23.3. The molecule has 0 saturated heterocycles. The molecule has 0 aliphatic heterocycles. The predicted octanol–water partition coefficient (Wildman–Crippen LogP) is 5.23.